The minimum atomic E-state index is -0.453. The van der Waals surface area contributed by atoms with E-state index in [-0.39, 0.29) is 18.3 Å². The van der Waals surface area contributed by atoms with Crippen LogP contribution in [0.3, 0.4) is 0 Å². The van der Waals surface area contributed by atoms with Gasteiger partial charge in [-0.05, 0) is 51.6 Å². The van der Waals surface area contributed by atoms with Gasteiger partial charge in [0.25, 0.3) is 0 Å². The Morgan fingerprint density at radius 1 is 1.13 bits per heavy atom. The Balaban J connectivity index is 0.00000192. The number of carbonyl (C=O) groups is 1. The number of hydrogen-bond acceptors (Lipinski definition) is 3. The SMILES string of the molecule is Cl.NC(=O)C12CC1C=CCCCCCCCN1CCCC1CN2. The summed E-state index contributed by atoms with van der Waals surface area (Å²) in [5.41, 5.74) is 5.24. The Morgan fingerprint density at radius 3 is 2.70 bits per heavy atom. The van der Waals surface area contributed by atoms with Gasteiger partial charge in [-0.25, -0.2) is 0 Å². The highest BCUT2D eigenvalue weighted by Gasteiger charge is 2.57. The number of amides is 1. The van der Waals surface area contributed by atoms with Crippen LogP contribution in [0.5, 0.6) is 0 Å². The number of rotatable bonds is 1. The largest absolute Gasteiger partial charge is 0.368 e. The quantitative estimate of drug-likeness (QED) is 0.721. The van der Waals surface area contributed by atoms with E-state index in [1.807, 2.05) is 0 Å². The van der Waals surface area contributed by atoms with Crippen LogP contribution in [0.4, 0.5) is 0 Å². The fourth-order valence-corrected chi connectivity index (χ4v) is 4.18. The zero-order valence-corrected chi connectivity index (χ0v) is 15.0. The van der Waals surface area contributed by atoms with Crippen molar-refractivity contribution in [2.75, 3.05) is 19.6 Å². The highest BCUT2D eigenvalue weighted by Crippen LogP contribution is 2.44. The fraction of sp³-hybridized carbons (Fsp3) is 0.833. The summed E-state index contributed by atoms with van der Waals surface area (Å²) in [5.74, 6) is 0.140. The molecule has 0 spiro atoms. The lowest BCUT2D eigenvalue weighted by molar-refractivity contribution is -0.121. The third-order valence-electron chi connectivity index (χ3n) is 5.79. The van der Waals surface area contributed by atoms with E-state index >= 15 is 0 Å². The van der Waals surface area contributed by atoms with Crippen LogP contribution in [-0.4, -0.2) is 42.0 Å². The van der Waals surface area contributed by atoms with E-state index < -0.39 is 5.54 Å². The summed E-state index contributed by atoms with van der Waals surface area (Å²) in [4.78, 5) is 14.5. The molecule has 3 rings (SSSR count). The van der Waals surface area contributed by atoms with Crippen molar-refractivity contribution in [3.63, 3.8) is 0 Å². The molecule has 0 radical (unpaired) electrons. The minimum Gasteiger partial charge on any atom is -0.368 e. The number of nitrogens with one attached hydrogen (secondary N) is 1. The van der Waals surface area contributed by atoms with Crippen LogP contribution < -0.4 is 11.1 Å². The molecule has 2 aliphatic heterocycles. The van der Waals surface area contributed by atoms with Crippen LogP contribution >= 0.6 is 12.4 Å². The van der Waals surface area contributed by atoms with Crippen LogP contribution in [0.25, 0.3) is 0 Å². The summed E-state index contributed by atoms with van der Waals surface area (Å²) in [7, 11) is 0. The first-order valence-electron chi connectivity index (χ1n) is 9.18. The minimum absolute atomic E-state index is 0. The molecule has 3 unspecified atom stereocenters. The van der Waals surface area contributed by atoms with Gasteiger partial charge in [-0.3, -0.25) is 9.69 Å². The Labute approximate surface area is 146 Å². The topological polar surface area (TPSA) is 58.4 Å². The van der Waals surface area contributed by atoms with Gasteiger partial charge in [0, 0.05) is 18.5 Å². The standard InChI is InChI=1S/C18H31N3O.ClH/c19-17(22)18-13-15(18)9-6-4-2-1-3-5-7-11-21-12-8-10-16(21)14-20-18;/h6,9,15-16,20H,1-5,7-8,10-14H2,(H2,19,22);1H. The third kappa shape index (κ3) is 4.49. The average Bonchev–Trinajstić information content (AvgIpc) is 3.04. The summed E-state index contributed by atoms with van der Waals surface area (Å²) in [6, 6.07) is 0.589. The van der Waals surface area contributed by atoms with Crippen molar-refractivity contribution in [1.82, 2.24) is 10.2 Å². The highest BCUT2D eigenvalue weighted by atomic mass is 35.5. The number of primary amides is 1. The first-order chi connectivity index (χ1) is 10.7. The average molecular weight is 342 g/mol. The van der Waals surface area contributed by atoms with E-state index in [9.17, 15) is 4.79 Å². The molecule has 2 fully saturated rings. The van der Waals surface area contributed by atoms with Gasteiger partial charge >= 0.3 is 0 Å². The molecule has 23 heavy (non-hydrogen) atoms. The van der Waals surface area contributed by atoms with Crippen molar-refractivity contribution in [1.29, 1.82) is 0 Å². The van der Waals surface area contributed by atoms with Gasteiger partial charge in [-0.2, -0.15) is 0 Å². The van der Waals surface area contributed by atoms with Crippen molar-refractivity contribution >= 4 is 18.3 Å². The molecule has 2 heterocycles. The molecule has 3 N–H and O–H groups in total. The van der Waals surface area contributed by atoms with Crippen LogP contribution in [0.1, 0.15) is 57.8 Å². The number of fused-ring (bicyclic) bond motifs is 2. The van der Waals surface area contributed by atoms with E-state index in [2.05, 4.69) is 22.4 Å². The number of carbonyl (C=O) groups excluding carboxylic acids is 1. The first-order valence-corrected chi connectivity index (χ1v) is 9.18. The predicted molar refractivity (Wildman–Crippen MR) is 96.7 cm³/mol. The zero-order valence-electron chi connectivity index (χ0n) is 14.1. The van der Waals surface area contributed by atoms with E-state index in [1.54, 1.807) is 0 Å². The van der Waals surface area contributed by atoms with Gasteiger partial charge < -0.3 is 11.1 Å². The normalized spacial score (nSPS) is 36.0. The van der Waals surface area contributed by atoms with Crippen molar-refractivity contribution in [2.45, 2.75) is 69.4 Å². The van der Waals surface area contributed by atoms with Crippen LogP contribution in [-0.2, 0) is 4.79 Å². The smallest absolute Gasteiger partial charge is 0.238 e. The van der Waals surface area contributed by atoms with Gasteiger partial charge in [0.1, 0.15) is 5.54 Å². The number of hydrogen-bond donors (Lipinski definition) is 2. The van der Waals surface area contributed by atoms with E-state index in [0.29, 0.717) is 12.0 Å². The lowest BCUT2D eigenvalue weighted by Gasteiger charge is -2.26. The molecule has 4 nitrogen and oxygen atoms in total. The molecule has 5 heteroatoms. The molecule has 0 bridgehead atoms. The third-order valence-corrected chi connectivity index (χ3v) is 5.79. The second-order valence-corrected chi connectivity index (χ2v) is 7.34. The molecule has 3 aliphatic rings. The van der Waals surface area contributed by atoms with Gasteiger partial charge in [-0.15, -0.1) is 12.4 Å². The second-order valence-electron chi connectivity index (χ2n) is 7.34. The molecule has 3 atom stereocenters. The maximum Gasteiger partial charge on any atom is 0.238 e. The van der Waals surface area contributed by atoms with Gasteiger partial charge in [0.2, 0.25) is 5.91 Å². The fourth-order valence-electron chi connectivity index (χ4n) is 4.18. The molecule has 132 valence electrons. The molecule has 1 aliphatic carbocycles. The monoisotopic (exact) mass is 341 g/mol. The number of allylic oxidation sites excluding steroid dienone is 1. The zero-order chi connectivity index (χ0) is 15.4. The van der Waals surface area contributed by atoms with E-state index in [1.165, 1.54) is 58.0 Å². The van der Waals surface area contributed by atoms with Crippen molar-refractivity contribution in [3.8, 4) is 0 Å². The predicted octanol–water partition coefficient (Wildman–Crippen LogP) is 2.62. The Hall–Kier alpha value is -0.580. The lowest BCUT2D eigenvalue weighted by Crippen LogP contribution is -2.50. The molecule has 1 saturated heterocycles. The summed E-state index contributed by atoms with van der Waals surface area (Å²) in [6.07, 6.45) is 15.7. The highest BCUT2D eigenvalue weighted by molar-refractivity contribution is 5.89. The molecular formula is C18H32ClN3O. The van der Waals surface area contributed by atoms with Gasteiger partial charge in [-0.1, -0.05) is 31.4 Å². The molecule has 1 saturated carbocycles. The summed E-state index contributed by atoms with van der Waals surface area (Å²) in [5, 5.41) is 3.54. The van der Waals surface area contributed by atoms with Gasteiger partial charge in [0.05, 0.1) is 0 Å². The number of halogens is 1. The van der Waals surface area contributed by atoms with Crippen molar-refractivity contribution in [3.05, 3.63) is 12.2 Å². The van der Waals surface area contributed by atoms with Gasteiger partial charge in [0.15, 0.2) is 0 Å². The molecule has 0 aromatic carbocycles. The van der Waals surface area contributed by atoms with Crippen LogP contribution in [0.2, 0.25) is 0 Å². The van der Waals surface area contributed by atoms with E-state index in [4.69, 9.17) is 5.73 Å². The molecule has 0 aromatic heterocycles. The number of nitrogens with two attached hydrogens (primary N) is 1. The van der Waals surface area contributed by atoms with Crippen molar-refractivity contribution < 1.29 is 4.79 Å². The lowest BCUT2D eigenvalue weighted by atomic mass is 10.1. The van der Waals surface area contributed by atoms with Crippen molar-refractivity contribution in [2.24, 2.45) is 11.7 Å². The Kier molecular flexibility index (Phi) is 6.93. The van der Waals surface area contributed by atoms with Crippen LogP contribution in [0, 0.1) is 5.92 Å². The molecule has 0 aromatic rings. The number of nitrogens with zero attached hydrogens (tertiary/aromatic N) is 1. The van der Waals surface area contributed by atoms with Crippen LogP contribution in [0.15, 0.2) is 12.2 Å². The molecular weight excluding hydrogens is 310 g/mol. The summed E-state index contributed by atoms with van der Waals surface area (Å²) < 4.78 is 0. The Morgan fingerprint density at radius 2 is 1.87 bits per heavy atom. The molecule has 1 amide bonds. The second kappa shape index (κ2) is 8.50. The summed E-state index contributed by atoms with van der Waals surface area (Å²) in [6.45, 7) is 3.35. The van der Waals surface area contributed by atoms with E-state index in [0.717, 1.165) is 19.4 Å². The first kappa shape index (κ1) is 18.8. The maximum atomic E-state index is 11.9. The Bertz CT molecular complexity index is 428. The summed E-state index contributed by atoms with van der Waals surface area (Å²) >= 11 is 0. The maximum absolute atomic E-state index is 11.9.